The van der Waals surface area contributed by atoms with Gasteiger partial charge in [-0.05, 0) is 48.4 Å². The normalized spacial score (nSPS) is 16.0. The molecule has 35 heavy (non-hydrogen) atoms. The highest BCUT2D eigenvalue weighted by molar-refractivity contribution is 7.90. The van der Waals surface area contributed by atoms with Gasteiger partial charge in [-0.3, -0.25) is 9.59 Å². The van der Waals surface area contributed by atoms with Crippen molar-refractivity contribution < 1.29 is 22.4 Å². The molecule has 0 radical (unpaired) electrons. The van der Waals surface area contributed by atoms with Crippen LogP contribution in [0.4, 0.5) is 15.8 Å². The van der Waals surface area contributed by atoms with E-state index in [1.165, 1.54) is 12.1 Å². The average molecular weight is 516 g/mol. The first-order valence-electron chi connectivity index (χ1n) is 10.8. The summed E-state index contributed by atoms with van der Waals surface area (Å²) in [7, 11) is -3.76. The number of fused-ring (bicyclic) bond motifs is 1. The Morgan fingerprint density at radius 2 is 1.83 bits per heavy atom. The fraction of sp³-hybridized carbons (Fsp3) is 0.200. The number of halogens is 2. The third-order valence-corrected chi connectivity index (χ3v) is 7.59. The van der Waals surface area contributed by atoms with Crippen LogP contribution in [0.5, 0.6) is 0 Å². The molecule has 2 atom stereocenters. The van der Waals surface area contributed by atoms with Gasteiger partial charge in [0.15, 0.2) is 9.84 Å². The Balaban J connectivity index is 1.43. The maximum absolute atomic E-state index is 13.2. The molecule has 10 heteroatoms. The molecule has 182 valence electrons. The number of sulfone groups is 1. The van der Waals surface area contributed by atoms with Crippen LogP contribution < -0.4 is 16.0 Å². The Morgan fingerprint density at radius 1 is 1.09 bits per heavy atom. The quantitative estimate of drug-likeness (QED) is 0.435. The molecule has 1 aliphatic rings. The minimum absolute atomic E-state index is 0.00682. The molecule has 0 aliphatic carbocycles. The van der Waals surface area contributed by atoms with E-state index < -0.39 is 39.1 Å². The van der Waals surface area contributed by atoms with E-state index in [0.717, 1.165) is 17.7 Å². The van der Waals surface area contributed by atoms with E-state index in [4.69, 9.17) is 11.6 Å². The molecule has 2 unspecified atom stereocenters. The summed E-state index contributed by atoms with van der Waals surface area (Å²) in [6.07, 6.45) is 0. The largest absolute Gasteiger partial charge is 0.371 e. The van der Waals surface area contributed by atoms with E-state index in [1.54, 1.807) is 12.1 Å². The maximum Gasteiger partial charge on any atom is 0.251 e. The third kappa shape index (κ3) is 5.98. The first-order chi connectivity index (χ1) is 16.6. The van der Waals surface area contributed by atoms with Crippen molar-refractivity contribution >= 4 is 44.6 Å². The number of nitrogens with one attached hydrogen (secondary N) is 3. The fourth-order valence-electron chi connectivity index (χ4n) is 3.80. The summed E-state index contributed by atoms with van der Waals surface area (Å²) < 4.78 is 38.6. The molecule has 0 saturated carbocycles. The van der Waals surface area contributed by atoms with Crippen LogP contribution >= 0.6 is 11.6 Å². The summed E-state index contributed by atoms with van der Waals surface area (Å²) in [6, 6.07) is 16.5. The second-order valence-corrected chi connectivity index (χ2v) is 10.9. The van der Waals surface area contributed by atoms with Gasteiger partial charge in [0.05, 0.1) is 28.9 Å². The minimum Gasteiger partial charge on any atom is -0.371 e. The Morgan fingerprint density at radius 3 is 2.54 bits per heavy atom. The summed E-state index contributed by atoms with van der Waals surface area (Å²) in [5, 5.41) is 8.53. The van der Waals surface area contributed by atoms with Crippen molar-refractivity contribution in [2.75, 3.05) is 16.4 Å². The Labute approximate surface area is 207 Å². The lowest BCUT2D eigenvalue weighted by Gasteiger charge is -2.27. The van der Waals surface area contributed by atoms with E-state index in [9.17, 15) is 22.4 Å². The number of amides is 2. The highest BCUT2D eigenvalue weighted by atomic mass is 35.5. The molecule has 0 saturated heterocycles. The van der Waals surface area contributed by atoms with E-state index in [-0.39, 0.29) is 22.5 Å². The number of hydrogen-bond donors (Lipinski definition) is 3. The van der Waals surface area contributed by atoms with Gasteiger partial charge in [0.2, 0.25) is 5.91 Å². The van der Waals surface area contributed by atoms with Crippen LogP contribution in [-0.4, -0.2) is 32.0 Å². The van der Waals surface area contributed by atoms with Crippen LogP contribution in [0.2, 0.25) is 5.02 Å². The van der Waals surface area contributed by atoms with Gasteiger partial charge in [0.25, 0.3) is 5.91 Å². The molecule has 0 aromatic heterocycles. The summed E-state index contributed by atoms with van der Waals surface area (Å²) >= 11 is 5.95. The molecule has 7 nitrogen and oxygen atoms in total. The molecular weight excluding hydrogens is 493 g/mol. The number of hydrogen-bond acceptors (Lipinski definition) is 5. The van der Waals surface area contributed by atoms with E-state index in [2.05, 4.69) is 16.0 Å². The van der Waals surface area contributed by atoms with E-state index in [0.29, 0.717) is 16.9 Å². The van der Waals surface area contributed by atoms with Crippen LogP contribution in [0.1, 0.15) is 34.5 Å². The molecule has 2 amide bonds. The van der Waals surface area contributed by atoms with Gasteiger partial charge in [-0.15, -0.1) is 0 Å². The predicted molar refractivity (Wildman–Crippen MR) is 134 cm³/mol. The number of anilines is 2. The molecule has 3 aromatic rings. The fourth-order valence-corrected chi connectivity index (χ4v) is 5.70. The van der Waals surface area contributed by atoms with Crippen LogP contribution in [0.3, 0.4) is 0 Å². The van der Waals surface area contributed by atoms with Crippen molar-refractivity contribution in [3.05, 3.63) is 94.3 Å². The zero-order valence-electron chi connectivity index (χ0n) is 18.7. The van der Waals surface area contributed by atoms with Crippen LogP contribution in [0.15, 0.2) is 66.7 Å². The Hall–Kier alpha value is -3.43. The molecular formula is C25H23ClFN3O4S. The molecule has 3 aromatic carbocycles. The molecule has 1 heterocycles. The molecule has 1 aliphatic heterocycles. The Bertz CT molecular complexity index is 1380. The van der Waals surface area contributed by atoms with Crippen LogP contribution in [-0.2, 0) is 20.4 Å². The second kappa shape index (κ2) is 10.1. The lowest BCUT2D eigenvalue weighted by molar-refractivity contribution is -0.116. The van der Waals surface area contributed by atoms with Gasteiger partial charge in [0.1, 0.15) is 11.9 Å². The maximum atomic E-state index is 13.2. The highest BCUT2D eigenvalue weighted by Gasteiger charge is 2.31. The summed E-state index contributed by atoms with van der Waals surface area (Å²) in [4.78, 5) is 25.3. The SMILES string of the molecule is CC(NC(=O)c1ccc2c(c1)NC(=O)C(CS(=O)(=O)Cc1ccc(F)cc1Cl)N2)c1ccccc1. The topological polar surface area (TPSA) is 104 Å². The zero-order valence-corrected chi connectivity index (χ0v) is 20.3. The molecule has 3 N–H and O–H groups in total. The van der Waals surface area contributed by atoms with Gasteiger partial charge in [0, 0.05) is 10.6 Å². The van der Waals surface area contributed by atoms with Crippen molar-refractivity contribution in [2.24, 2.45) is 0 Å². The van der Waals surface area contributed by atoms with E-state index >= 15 is 0 Å². The van der Waals surface area contributed by atoms with E-state index in [1.807, 2.05) is 37.3 Å². The van der Waals surface area contributed by atoms with Gasteiger partial charge in [-0.1, -0.05) is 48.0 Å². The minimum atomic E-state index is -3.76. The zero-order chi connectivity index (χ0) is 25.2. The number of benzene rings is 3. The molecule has 0 spiro atoms. The first kappa shape index (κ1) is 24.7. The van der Waals surface area contributed by atoms with Crippen molar-refractivity contribution in [1.29, 1.82) is 0 Å². The van der Waals surface area contributed by atoms with Crippen LogP contribution in [0.25, 0.3) is 0 Å². The summed E-state index contributed by atoms with van der Waals surface area (Å²) in [5.41, 5.74) is 2.44. The average Bonchev–Trinajstić information content (AvgIpc) is 2.81. The first-order valence-corrected chi connectivity index (χ1v) is 13.0. The second-order valence-electron chi connectivity index (χ2n) is 8.34. The number of carbonyl (C=O) groups excluding carboxylic acids is 2. The predicted octanol–water partition coefficient (Wildman–Crippen LogP) is 4.32. The lowest BCUT2D eigenvalue weighted by atomic mass is 10.1. The third-order valence-electron chi connectivity index (χ3n) is 5.64. The smallest absolute Gasteiger partial charge is 0.251 e. The van der Waals surface area contributed by atoms with Crippen LogP contribution in [0, 0.1) is 5.82 Å². The van der Waals surface area contributed by atoms with Crippen molar-refractivity contribution in [3.8, 4) is 0 Å². The molecule has 4 rings (SSSR count). The van der Waals surface area contributed by atoms with Crippen molar-refractivity contribution in [3.63, 3.8) is 0 Å². The van der Waals surface area contributed by atoms with Crippen molar-refractivity contribution in [1.82, 2.24) is 5.32 Å². The van der Waals surface area contributed by atoms with Crippen molar-refractivity contribution in [2.45, 2.75) is 24.8 Å². The Kier molecular flexibility index (Phi) is 7.09. The lowest BCUT2D eigenvalue weighted by Crippen LogP contribution is -2.43. The standard InChI is InChI=1S/C25H23ClFN3O4S/c1-15(16-5-3-2-4-6-16)28-24(31)17-8-10-21-22(11-17)30-25(32)23(29-21)14-35(33,34)13-18-7-9-19(27)12-20(18)26/h2-12,15,23,29H,13-14H2,1H3,(H,28,31)(H,30,32). The monoisotopic (exact) mass is 515 g/mol. The summed E-state index contributed by atoms with van der Waals surface area (Å²) in [5.74, 6) is -2.32. The van der Waals surface area contributed by atoms with Gasteiger partial charge in [-0.25, -0.2) is 12.8 Å². The van der Waals surface area contributed by atoms with Gasteiger partial charge < -0.3 is 16.0 Å². The highest BCUT2D eigenvalue weighted by Crippen LogP contribution is 2.29. The van der Waals surface area contributed by atoms with Gasteiger partial charge >= 0.3 is 0 Å². The molecule has 0 bridgehead atoms. The summed E-state index contributed by atoms with van der Waals surface area (Å²) in [6.45, 7) is 1.87. The number of rotatable bonds is 7. The van der Waals surface area contributed by atoms with Gasteiger partial charge in [-0.2, -0.15) is 0 Å². The molecule has 0 fully saturated rings. The number of carbonyl (C=O) groups is 2.